The topological polar surface area (TPSA) is 99.3 Å². The lowest BCUT2D eigenvalue weighted by Gasteiger charge is -2.10. The third kappa shape index (κ3) is 4.69. The monoisotopic (exact) mass is 366 g/mol. The minimum absolute atomic E-state index is 0.0471. The zero-order valence-electron chi connectivity index (χ0n) is 14.7. The second-order valence-corrected chi connectivity index (χ2v) is 5.92. The Morgan fingerprint density at radius 1 is 1.22 bits per heavy atom. The number of carbonyl (C=O) groups excluding carboxylic acids is 1. The zero-order valence-corrected chi connectivity index (χ0v) is 14.7. The number of aromatic nitrogens is 2. The number of nitrogens with one attached hydrogen (secondary N) is 1. The van der Waals surface area contributed by atoms with Crippen molar-refractivity contribution in [3.8, 4) is 5.75 Å². The second-order valence-electron chi connectivity index (χ2n) is 5.92. The van der Waals surface area contributed by atoms with Crippen molar-refractivity contribution < 1.29 is 14.5 Å². The van der Waals surface area contributed by atoms with E-state index in [4.69, 9.17) is 4.74 Å². The van der Waals surface area contributed by atoms with Crippen LogP contribution in [-0.2, 0) is 11.3 Å². The first-order valence-corrected chi connectivity index (χ1v) is 8.26. The molecule has 3 aromatic rings. The van der Waals surface area contributed by atoms with Gasteiger partial charge in [0.05, 0.1) is 17.7 Å². The van der Waals surface area contributed by atoms with Gasteiger partial charge in [0.15, 0.2) is 12.4 Å². The molecule has 1 aromatic heterocycles. The molecular weight excluding hydrogens is 348 g/mol. The fraction of sp³-hybridized carbons (Fsp3) is 0.158. The van der Waals surface area contributed by atoms with Crippen molar-refractivity contribution in [2.75, 3.05) is 11.9 Å². The molecule has 0 aliphatic carbocycles. The fourth-order valence-electron chi connectivity index (χ4n) is 2.60. The van der Waals surface area contributed by atoms with E-state index in [2.05, 4.69) is 10.4 Å². The summed E-state index contributed by atoms with van der Waals surface area (Å²) in [5, 5.41) is 17.9. The van der Waals surface area contributed by atoms with Crippen molar-refractivity contribution in [1.29, 1.82) is 0 Å². The van der Waals surface area contributed by atoms with Gasteiger partial charge >= 0.3 is 5.69 Å². The van der Waals surface area contributed by atoms with Gasteiger partial charge in [-0.2, -0.15) is 5.10 Å². The van der Waals surface area contributed by atoms with E-state index in [9.17, 15) is 14.9 Å². The third-order valence-corrected chi connectivity index (χ3v) is 3.82. The Bertz CT molecular complexity index is 968. The number of para-hydroxylation sites is 2. The molecule has 0 saturated carbocycles. The number of nitro benzene ring substituents is 1. The van der Waals surface area contributed by atoms with E-state index >= 15 is 0 Å². The van der Waals surface area contributed by atoms with E-state index in [1.165, 1.54) is 18.2 Å². The van der Waals surface area contributed by atoms with Crippen LogP contribution in [0.3, 0.4) is 0 Å². The van der Waals surface area contributed by atoms with Crippen LogP contribution < -0.4 is 10.1 Å². The number of hydrogen-bond acceptors (Lipinski definition) is 5. The highest BCUT2D eigenvalue weighted by Gasteiger charge is 2.15. The van der Waals surface area contributed by atoms with Crippen LogP contribution in [0.2, 0.25) is 0 Å². The molecule has 138 valence electrons. The first-order valence-electron chi connectivity index (χ1n) is 8.26. The summed E-state index contributed by atoms with van der Waals surface area (Å²) in [5.41, 5.74) is 2.02. The van der Waals surface area contributed by atoms with Crippen molar-refractivity contribution >= 4 is 17.4 Å². The predicted octanol–water partition coefficient (Wildman–Crippen LogP) is 3.17. The van der Waals surface area contributed by atoms with Crippen LogP contribution in [0.4, 0.5) is 11.5 Å². The highest BCUT2D eigenvalue weighted by atomic mass is 16.6. The molecule has 0 fully saturated rings. The van der Waals surface area contributed by atoms with Gasteiger partial charge in [0.25, 0.3) is 5.91 Å². The van der Waals surface area contributed by atoms with Gasteiger partial charge in [-0.05, 0) is 18.6 Å². The zero-order chi connectivity index (χ0) is 19.2. The number of aryl methyl sites for hydroxylation is 1. The van der Waals surface area contributed by atoms with Crippen LogP contribution in [0, 0.1) is 17.0 Å². The molecule has 1 amide bonds. The molecule has 0 aliphatic rings. The standard InChI is InChI=1S/C19H18N4O4/c1-14-5-4-6-15(11-14)12-22-18(9-10-20-22)21-19(24)13-27-17-8-3-2-7-16(17)23(25)26/h2-11H,12-13H2,1H3,(H,21,24). The molecule has 8 nitrogen and oxygen atoms in total. The summed E-state index contributed by atoms with van der Waals surface area (Å²) in [6.45, 7) is 2.17. The van der Waals surface area contributed by atoms with Gasteiger partial charge in [-0.3, -0.25) is 14.9 Å². The molecule has 1 heterocycles. The quantitative estimate of drug-likeness (QED) is 0.511. The molecule has 3 rings (SSSR count). The fourth-order valence-corrected chi connectivity index (χ4v) is 2.60. The predicted molar refractivity (Wildman–Crippen MR) is 99.7 cm³/mol. The Morgan fingerprint density at radius 2 is 2.04 bits per heavy atom. The van der Waals surface area contributed by atoms with E-state index < -0.39 is 10.8 Å². The number of nitrogens with zero attached hydrogens (tertiary/aromatic N) is 3. The molecule has 8 heteroatoms. The van der Waals surface area contributed by atoms with Crippen molar-refractivity contribution in [3.63, 3.8) is 0 Å². The maximum Gasteiger partial charge on any atom is 0.310 e. The van der Waals surface area contributed by atoms with E-state index in [1.54, 1.807) is 23.0 Å². The lowest BCUT2D eigenvalue weighted by molar-refractivity contribution is -0.385. The van der Waals surface area contributed by atoms with Crippen LogP contribution in [0.15, 0.2) is 60.8 Å². The van der Waals surface area contributed by atoms with Gasteiger partial charge in [0.2, 0.25) is 0 Å². The average molecular weight is 366 g/mol. The highest BCUT2D eigenvalue weighted by Crippen LogP contribution is 2.25. The number of nitro groups is 1. The molecule has 0 bridgehead atoms. The number of rotatable bonds is 7. The molecule has 0 unspecified atom stereocenters. The highest BCUT2D eigenvalue weighted by molar-refractivity contribution is 5.91. The Kier molecular flexibility index (Phi) is 5.46. The van der Waals surface area contributed by atoms with Gasteiger partial charge in [-0.15, -0.1) is 0 Å². The van der Waals surface area contributed by atoms with Gasteiger partial charge in [-0.1, -0.05) is 42.0 Å². The van der Waals surface area contributed by atoms with Crippen LogP contribution in [0.1, 0.15) is 11.1 Å². The summed E-state index contributed by atoms with van der Waals surface area (Å²) < 4.78 is 6.96. The lowest BCUT2D eigenvalue weighted by atomic mass is 10.1. The first-order chi connectivity index (χ1) is 13.0. The van der Waals surface area contributed by atoms with Crippen LogP contribution >= 0.6 is 0 Å². The van der Waals surface area contributed by atoms with Crippen LogP contribution in [-0.4, -0.2) is 27.2 Å². The van der Waals surface area contributed by atoms with Crippen molar-refractivity contribution in [1.82, 2.24) is 9.78 Å². The van der Waals surface area contributed by atoms with Crippen LogP contribution in [0.5, 0.6) is 5.75 Å². The second kappa shape index (κ2) is 8.13. The SMILES string of the molecule is Cc1cccc(Cn2nccc2NC(=O)COc2ccccc2[N+](=O)[O-])c1. The maximum absolute atomic E-state index is 12.2. The number of anilines is 1. The Hall–Kier alpha value is -3.68. The summed E-state index contributed by atoms with van der Waals surface area (Å²) in [7, 11) is 0. The molecule has 0 atom stereocenters. The Balaban J connectivity index is 1.62. The van der Waals surface area contributed by atoms with Crippen molar-refractivity contribution in [2.24, 2.45) is 0 Å². The van der Waals surface area contributed by atoms with Crippen molar-refractivity contribution in [2.45, 2.75) is 13.5 Å². The Labute approximate surface area is 155 Å². The molecule has 0 spiro atoms. The summed E-state index contributed by atoms with van der Waals surface area (Å²) >= 11 is 0. The van der Waals surface area contributed by atoms with Gasteiger partial charge in [-0.25, -0.2) is 4.68 Å². The molecule has 0 saturated heterocycles. The number of hydrogen-bond donors (Lipinski definition) is 1. The van der Waals surface area contributed by atoms with Crippen molar-refractivity contribution in [3.05, 3.63) is 82.0 Å². The smallest absolute Gasteiger partial charge is 0.310 e. The maximum atomic E-state index is 12.2. The van der Waals surface area contributed by atoms with Gasteiger partial charge in [0, 0.05) is 12.1 Å². The molecule has 1 N–H and O–H groups in total. The molecule has 0 radical (unpaired) electrons. The number of ether oxygens (including phenoxy) is 1. The average Bonchev–Trinajstić information content (AvgIpc) is 3.06. The number of carbonyl (C=O) groups is 1. The van der Waals surface area contributed by atoms with Gasteiger partial charge < -0.3 is 10.1 Å². The largest absolute Gasteiger partial charge is 0.477 e. The normalized spacial score (nSPS) is 10.4. The first kappa shape index (κ1) is 18.1. The van der Waals surface area contributed by atoms with E-state index in [1.807, 2.05) is 31.2 Å². The summed E-state index contributed by atoms with van der Waals surface area (Å²) in [5.74, 6) is 0.137. The van der Waals surface area contributed by atoms with E-state index in [0.29, 0.717) is 12.4 Å². The summed E-state index contributed by atoms with van der Waals surface area (Å²) in [6, 6.07) is 15.6. The van der Waals surface area contributed by atoms with Crippen LogP contribution in [0.25, 0.3) is 0 Å². The molecule has 2 aromatic carbocycles. The van der Waals surface area contributed by atoms with Gasteiger partial charge in [0.1, 0.15) is 5.82 Å². The van der Waals surface area contributed by atoms with E-state index in [0.717, 1.165) is 11.1 Å². The lowest BCUT2D eigenvalue weighted by Crippen LogP contribution is -2.22. The summed E-state index contributed by atoms with van der Waals surface area (Å²) in [4.78, 5) is 22.6. The number of amides is 1. The molecule has 0 aliphatic heterocycles. The van der Waals surface area contributed by atoms with E-state index in [-0.39, 0.29) is 18.0 Å². The third-order valence-electron chi connectivity index (χ3n) is 3.82. The minimum atomic E-state index is -0.551. The summed E-state index contributed by atoms with van der Waals surface area (Å²) in [6.07, 6.45) is 1.59. The number of benzene rings is 2. The molecular formula is C19H18N4O4. The minimum Gasteiger partial charge on any atom is -0.477 e. The molecule has 27 heavy (non-hydrogen) atoms. The Morgan fingerprint density at radius 3 is 2.81 bits per heavy atom.